The van der Waals surface area contributed by atoms with Crippen molar-refractivity contribution >= 4 is 5.97 Å². The van der Waals surface area contributed by atoms with E-state index in [2.05, 4.69) is 29.2 Å². The molecule has 0 radical (unpaired) electrons. The highest BCUT2D eigenvalue weighted by Crippen LogP contribution is 2.10. The maximum Gasteiger partial charge on any atom is 0.307 e. The molecule has 0 fully saturated rings. The Balaban J connectivity index is 2.31. The molecule has 0 aromatic carbocycles. The molecule has 0 saturated heterocycles. The lowest BCUT2D eigenvalue weighted by molar-refractivity contribution is -0.702. The third-order valence-electron chi connectivity index (χ3n) is 4.25. The molecular weight excluding hydrogens is 276 g/mol. The van der Waals surface area contributed by atoms with Crippen molar-refractivity contribution in [3.8, 4) is 0 Å². The van der Waals surface area contributed by atoms with Crippen LogP contribution in [0.1, 0.15) is 77.5 Å². The van der Waals surface area contributed by atoms with E-state index in [1.807, 2.05) is 6.20 Å². The molecule has 0 unspecified atom stereocenters. The second kappa shape index (κ2) is 11.3. The molecule has 0 spiro atoms. The molecule has 0 aliphatic carbocycles. The molecule has 1 rings (SSSR count). The maximum absolute atomic E-state index is 10.7. The Kier molecular flexibility index (Phi) is 9.60. The number of hydrogen-bond acceptors (Lipinski definition) is 1. The molecule has 1 N–H and O–H groups in total. The van der Waals surface area contributed by atoms with Crippen molar-refractivity contribution in [1.29, 1.82) is 0 Å². The van der Waals surface area contributed by atoms with Gasteiger partial charge in [0.05, 0.1) is 13.0 Å². The molecule has 4 nitrogen and oxygen atoms in total. The number of carboxylic acid groups (broad SMARTS) is 1. The zero-order valence-electron chi connectivity index (χ0n) is 14.4. The van der Waals surface area contributed by atoms with Gasteiger partial charge in [-0.15, -0.1) is 0 Å². The van der Waals surface area contributed by atoms with Crippen LogP contribution in [0.5, 0.6) is 0 Å². The second-order valence-corrected chi connectivity index (χ2v) is 6.06. The van der Waals surface area contributed by atoms with Crippen LogP contribution in [0.25, 0.3) is 0 Å². The highest BCUT2D eigenvalue weighted by Gasteiger charge is 2.16. The van der Waals surface area contributed by atoms with E-state index in [0.29, 0.717) is 6.54 Å². The van der Waals surface area contributed by atoms with Gasteiger partial charge in [0.25, 0.3) is 5.82 Å². The topological polar surface area (TPSA) is 46.1 Å². The van der Waals surface area contributed by atoms with Crippen LogP contribution in [0.4, 0.5) is 0 Å². The predicted octanol–water partition coefficient (Wildman–Crippen LogP) is 3.95. The summed E-state index contributed by atoms with van der Waals surface area (Å²) in [5.74, 6) is 0.546. The molecule has 126 valence electrons. The van der Waals surface area contributed by atoms with E-state index >= 15 is 0 Å². The average molecular weight is 309 g/mol. The lowest BCUT2D eigenvalue weighted by atomic mass is 10.1. The van der Waals surface area contributed by atoms with E-state index in [-0.39, 0.29) is 6.42 Å². The van der Waals surface area contributed by atoms with Gasteiger partial charge in [0.2, 0.25) is 0 Å². The highest BCUT2D eigenvalue weighted by atomic mass is 16.4. The fraction of sp³-hybridized carbons (Fsp3) is 0.778. The van der Waals surface area contributed by atoms with E-state index in [9.17, 15) is 4.79 Å². The molecule has 0 bridgehead atoms. The summed E-state index contributed by atoms with van der Waals surface area (Å²) in [6.45, 7) is 5.92. The number of imidazole rings is 1. The summed E-state index contributed by atoms with van der Waals surface area (Å²) in [7, 11) is 0. The first-order valence-corrected chi connectivity index (χ1v) is 8.98. The quantitative estimate of drug-likeness (QED) is 0.443. The van der Waals surface area contributed by atoms with Crippen LogP contribution in [0.2, 0.25) is 0 Å². The van der Waals surface area contributed by atoms with Crippen molar-refractivity contribution in [2.45, 2.75) is 91.1 Å². The fourth-order valence-corrected chi connectivity index (χ4v) is 2.91. The summed E-state index contributed by atoms with van der Waals surface area (Å²) in [5, 5.41) is 8.84. The van der Waals surface area contributed by atoms with Crippen molar-refractivity contribution in [3.63, 3.8) is 0 Å². The van der Waals surface area contributed by atoms with Crippen molar-refractivity contribution in [1.82, 2.24) is 4.57 Å². The number of nitrogens with zero attached hydrogens (tertiary/aromatic N) is 2. The maximum atomic E-state index is 10.7. The van der Waals surface area contributed by atoms with Gasteiger partial charge in [-0.05, 0) is 13.3 Å². The standard InChI is InChI=1S/C18H32N2O2/c1-3-5-6-7-8-9-10-11-12-17-19(4-2)15-16-20(17)14-13-18(21)22/h15-16H,3-14H2,1-2H3/p+1. The fourth-order valence-electron chi connectivity index (χ4n) is 2.91. The van der Waals surface area contributed by atoms with Crippen LogP contribution in [0, 0.1) is 0 Å². The molecule has 1 heterocycles. The van der Waals surface area contributed by atoms with E-state index < -0.39 is 5.97 Å². The highest BCUT2D eigenvalue weighted by molar-refractivity contribution is 5.66. The number of aliphatic carboxylic acids is 1. The van der Waals surface area contributed by atoms with Crippen LogP contribution in [0.15, 0.2) is 12.4 Å². The third-order valence-corrected chi connectivity index (χ3v) is 4.25. The second-order valence-electron chi connectivity index (χ2n) is 6.06. The molecular formula is C18H33N2O2+. The number of rotatable bonds is 13. The van der Waals surface area contributed by atoms with Gasteiger partial charge in [0.15, 0.2) is 0 Å². The van der Waals surface area contributed by atoms with Gasteiger partial charge in [-0.1, -0.05) is 51.9 Å². The van der Waals surface area contributed by atoms with Gasteiger partial charge in [-0.25, -0.2) is 9.13 Å². The van der Waals surface area contributed by atoms with Crippen LogP contribution in [-0.2, 0) is 24.3 Å². The first kappa shape index (κ1) is 18.7. The molecule has 0 atom stereocenters. The zero-order chi connectivity index (χ0) is 16.2. The largest absolute Gasteiger partial charge is 0.481 e. The summed E-state index contributed by atoms with van der Waals surface area (Å²) in [6.07, 6.45) is 15.9. The van der Waals surface area contributed by atoms with Crippen molar-refractivity contribution in [3.05, 3.63) is 18.2 Å². The van der Waals surface area contributed by atoms with Gasteiger partial charge in [0, 0.05) is 6.42 Å². The molecule has 22 heavy (non-hydrogen) atoms. The van der Waals surface area contributed by atoms with Crippen molar-refractivity contribution < 1.29 is 14.5 Å². The number of aromatic nitrogens is 2. The third kappa shape index (κ3) is 7.10. The molecule has 1 aromatic rings. The minimum absolute atomic E-state index is 0.197. The van der Waals surface area contributed by atoms with Crippen LogP contribution in [-0.4, -0.2) is 15.6 Å². The monoisotopic (exact) mass is 309 g/mol. The van der Waals surface area contributed by atoms with E-state index in [0.717, 1.165) is 13.0 Å². The van der Waals surface area contributed by atoms with Crippen LogP contribution >= 0.6 is 0 Å². The Morgan fingerprint density at radius 3 is 2.32 bits per heavy atom. The van der Waals surface area contributed by atoms with Gasteiger partial charge >= 0.3 is 5.97 Å². The number of aryl methyl sites for hydroxylation is 2. The summed E-state index contributed by atoms with van der Waals surface area (Å²) < 4.78 is 4.35. The first-order valence-electron chi connectivity index (χ1n) is 8.98. The Morgan fingerprint density at radius 1 is 1.09 bits per heavy atom. The van der Waals surface area contributed by atoms with Gasteiger partial charge in [-0.3, -0.25) is 4.79 Å². The Labute approximate surface area is 135 Å². The predicted molar refractivity (Wildman–Crippen MR) is 88.9 cm³/mol. The number of unbranched alkanes of at least 4 members (excludes halogenated alkanes) is 7. The Morgan fingerprint density at radius 2 is 1.73 bits per heavy atom. The molecule has 1 aromatic heterocycles. The molecule has 0 saturated carbocycles. The Bertz CT molecular complexity index is 427. The molecule has 0 aliphatic rings. The average Bonchev–Trinajstić information content (AvgIpc) is 2.90. The summed E-state index contributed by atoms with van der Waals surface area (Å²) in [4.78, 5) is 10.7. The summed E-state index contributed by atoms with van der Waals surface area (Å²) >= 11 is 0. The van der Waals surface area contributed by atoms with Crippen molar-refractivity contribution in [2.75, 3.05) is 0 Å². The minimum Gasteiger partial charge on any atom is -0.481 e. The lowest BCUT2D eigenvalue weighted by Gasteiger charge is -2.04. The number of hydrogen-bond donors (Lipinski definition) is 1. The smallest absolute Gasteiger partial charge is 0.307 e. The number of carboxylic acids is 1. The summed E-state index contributed by atoms with van der Waals surface area (Å²) in [5.41, 5.74) is 0. The van der Waals surface area contributed by atoms with Gasteiger partial charge < -0.3 is 5.11 Å². The lowest BCUT2D eigenvalue weighted by Crippen LogP contribution is -2.38. The molecule has 0 amide bonds. The Hall–Kier alpha value is -1.32. The normalized spacial score (nSPS) is 11.0. The summed E-state index contributed by atoms with van der Waals surface area (Å²) in [6, 6.07) is 0. The van der Waals surface area contributed by atoms with Gasteiger partial charge in [0.1, 0.15) is 18.9 Å². The van der Waals surface area contributed by atoms with Crippen LogP contribution < -0.4 is 4.57 Å². The molecule has 0 aliphatic heterocycles. The zero-order valence-corrected chi connectivity index (χ0v) is 14.4. The number of carbonyl (C=O) groups is 1. The van der Waals surface area contributed by atoms with E-state index in [1.165, 1.54) is 57.2 Å². The minimum atomic E-state index is -0.727. The van der Waals surface area contributed by atoms with Crippen LogP contribution in [0.3, 0.4) is 0 Å². The van der Waals surface area contributed by atoms with Crippen molar-refractivity contribution in [2.24, 2.45) is 0 Å². The van der Waals surface area contributed by atoms with E-state index in [1.54, 1.807) is 0 Å². The first-order chi connectivity index (χ1) is 10.7. The van der Waals surface area contributed by atoms with Gasteiger partial charge in [-0.2, -0.15) is 0 Å². The van der Waals surface area contributed by atoms with E-state index in [4.69, 9.17) is 5.11 Å². The molecule has 4 heteroatoms. The SMILES string of the molecule is CCCCCCCCCCc1n(CC)cc[n+]1CCC(=O)O.